The van der Waals surface area contributed by atoms with E-state index in [1.54, 1.807) is 13.4 Å². The van der Waals surface area contributed by atoms with Gasteiger partial charge in [0.15, 0.2) is 0 Å². The molecule has 0 spiro atoms. The van der Waals surface area contributed by atoms with Gasteiger partial charge in [-0.15, -0.1) is 0 Å². The van der Waals surface area contributed by atoms with Crippen molar-refractivity contribution in [3.63, 3.8) is 0 Å². The molecule has 72 valence electrons. The van der Waals surface area contributed by atoms with Crippen LogP contribution in [0.5, 0.6) is 5.75 Å². The first-order valence-electron chi connectivity index (χ1n) is 4.17. The number of fused-ring (bicyclic) bond motifs is 1. The molecule has 0 fully saturated rings. The molecule has 0 aliphatic carbocycles. The molecule has 3 nitrogen and oxygen atoms in total. The van der Waals surface area contributed by atoms with Crippen molar-refractivity contribution in [1.29, 1.82) is 0 Å². The maximum Gasteiger partial charge on any atom is 0.122 e. The van der Waals surface area contributed by atoms with Gasteiger partial charge in [-0.25, -0.2) is 9.97 Å². The average Bonchev–Trinajstić information content (AvgIpc) is 2.17. The number of nitrogens with zero attached hydrogens (tertiary/aromatic N) is 2. The summed E-state index contributed by atoms with van der Waals surface area (Å²) in [4.78, 5) is 8.34. The van der Waals surface area contributed by atoms with Crippen LogP contribution in [-0.4, -0.2) is 17.1 Å². The molecule has 1 aromatic heterocycles. The fraction of sp³-hybridized carbons (Fsp3) is 0.200. The van der Waals surface area contributed by atoms with Crippen LogP contribution in [0.4, 0.5) is 0 Å². The van der Waals surface area contributed by atoms with Gasteiger partial charge in [-0.2, -0.15) is 0 Å². The second-order valence-electron chi connectivity index (χ2n) is 3.00. The van der Waals surface area contributed by atoms with Crippen molar-refractivity contribution < 1.29 is 4.74 Å². The molecule has 1 heterocycles. The van der Waals surface area contributed by atoms with Gasteiger partial charge in [0.1, 0.15) is 15.8 Å². The lowest BCUT2D eigenvalue weighted by Gasteiger charge is -2.06. The van der Waals surface area contributed by atoms with Crippen LogP contribution in [-0.2, 0) is 0 Å². The van der Waals surface area contributed by atoms with Gasteiger partial charge < -0.3 is 4.74 Å². The molecule has 0 bridgehead atoms. The number of ether oxygens (including phenoxy) is 1. The second kappa shape index (κ2) is 3.68. The zero-order valence-electron chi connectivity index (χ0n) is 7.91. The third-order valence-corrected chi connectivity index (χ3v) is 2.96. The quantitative estimate of drug-likeness (QED) is 0.600. The van der Waals surface area contributed by atoms with E-state index in [9.17, 15) is 0 Å². The van der Waals surface area contributed by atoms with Gasteiger partial charge in [-0.3, -0.25) is 0 Å². The fourth-order valence-electron chi connectivity index (χ4n) is 1.38. The molecule has 1 aromatic carbocycles. The Morgan fingerprint density at radius 3 is 2.79 bits per heavy atom. The number of aryl methyl sites for hydroxylation is 1. The molecule has 0 saturated carbocycles. The normalized spacial score (nSPS) is 10.5. The lowest BCUT2D eigenvalue weighted by Crippen LogP contribution is -1.91. The van der Waals surface area contributed by atoms with E-state index in [2.05, 4.69) is 32.6 Å². The summed E-state index contributed by atoms with van der Waals surface area (Å²) < 4.78 is 6.20. The van der Waals surface area contributed by atoms with Crippen LogP contribution in [0.3, 0.4) is 0 Å². The van der Waals surface area contributed by atoms with Crippen molar-refractivity contribution in [3.8, 4) is 5.75 Å². The van der Waals surface area contributed by atoms with E-state index in [4.69, 9.17) is 4.74 Å². The number of methoxy groups -OCH3 is 1. The first kappa shape index (κ1) is 9.64. The van der Waals surface area contributed by atoms with Crippen molar-refractivity contribution in [1.82, 2.24) is 9.97 Å². The van der Waals surface area contributed by atoms with Gasteiger partial charge in [-0.1, -0.05) is 0 Å². The Morgan fingerprint density at radius 2 is 2.07 bits per heavy atom. The van der Waals surface area contributed by atoms with Gasteiger partial charge in [0.05, 0.1) is 12.6 Å². The van der Waals surface area contributed by atoms with Crippen molar-refractivity contribution >= 4 is 33.5 Å². The van der Waals surface area contributed by atoms with E-state index < -0.39 is 0 Å². The molecular formula is C10H9IN2O. The third-order valence-electron chi connectivity index (χ3n) is 2.10. The number of aromatic nitrogens is 2. The van der Waals surface area contributed by atoms with Crippen LogP contribution >= 0.6 is 22.6 Å². The summed E-state index contributed by atoms with van der Waals surface area (Å²) in [6.07, 6.45) is 1.58. The van der Waals surface area contributed by atoms with Crippen LogP contribution in [0, 0.1) is 10.6 Å². The zero-order chi connectivity index (χ0) is 10.1. The summed E-state index contributed by atoms with van der Waals surface area (Å²) in [7, 11) is 1.67. The van der Waals surface area contributed by atoms with Gasteiger partial charge >= 0.3 is 0 Å². The SMILES string of the molecule is COc1cc2c(I)ncnc2cc1C. The maximum absolute atomic E-state index is 5.25. The van der Waals surface area contributed by atoms with Gasteiger partial charge in [0.25, 0.3) is 0 Å². The van der Waals surface area contributed by atoms with Gasteiger partial charge in [0.2, 0.25) is 0 Å². The smallest absolute Gasteiger partial charge is 0.122 e. The molecule has 0 radical (unpaired) electrons. The fourth-order valence-corrected chi connectivity index (χ4v) is 1.93. The molecule has 0 atom stereocenters. The Labute approximate surface area is 95.7 Å². The van der Waals surface area contributed by atoms with Crippen LogP contribution in [0.1, 0.15) is 5.56 Å². The average molecular weight is 300 g/mol. The Balaban J connectivity index is 2.80. The van der Waals surface area contributed by atoms with Crippen molar-refractivity contribution in [2.45, 2.75) is 6.92 Å². The summed E-state index contributed by atoms with van der Waals surface area (Å²) in [5.41, 5.74) is 2.05. The zero-order valence-corrected chi connectivity index (χ0v) is 10.1. The minimum absolute atomic E-state index is 0.880. The molecule has 0 aliphatic heterocycles. The summed E-state index contributed by atoms with van der Waals surface area (Å²) in [6, 6.07) is 3.99. The van der Waals surface area contributed by atoms with Crippen molar-refractivity contribution in [3.05, 3.63) is 27.7 Å². The highest BCUT2D eigenvalue weighted by Gasteiger charge is 2.05. The monoisotopic (exact) mass is 300 g/mol. The highest BCUT2D eigenvalue weighted by molar-refractivity contribution is 14.1. The van der Waals surface area contributed by atoms with E-state index in [1.807, 2.05) is 19.1 Å². The van der Waals surface area contributed by atoms with Crippen LogP contribution in [0.25, 0.3) is 10.9 Å². The Hall–Kier alpha value is -0.910. The van der Waals surface area contributed by atoms with E-state index >= 15 is 0 Å². The van der Waals surface area contributed by atoms with Crippen molar-refractivity contribution in [2.24, 2.45) is 0 Å². The molecule has 14 heavy (non-hydrogen) atoms. The minimum Gasteiger partial charge on any atom is -0.496 e. The first-order chi connectivity index (χ1) is 6.72. The maximum atomic E-state index is 5.25. The molecule has 0 unspecified atom stereocenters. The van der Waals surface area contributed by atoms with Crippen LogP contribution in [0.2, 0.25) is 0 Å². The number of benzene rings is 1. The van der Waals surface area contributed by atoms with Gasteiger partial charge in [0, 0.05) is 5.39 Å². The molecule has 0 N–H and O–H groups in total. The first-order valence-corrected chi connectivity index (χ1v) is 5.25. The summed E-state index contributed by atoms with van der Waals surface area (Å²) in [6.45, 7) is 2.01. The number of hydrogen-bond acceptors (Lipinski definition) is 3. The number of halogens is 1. The molecule has 0 amide bonds. The standard InChI is InChI=1S/C10H9IN2O/c1-6-3-8-7(4-9(6)14-2)10(11)13-5-12-8/h3-5H,1-2H3. The Bertz CT molecular complexity index is 485. The molecule has 0 aliphatic rings. The van der Waals surface area contributed by atoms with Gasteiger partial charge in [-0.05, 0) is 47.2 Å². The number of hydrogen-bond donors (Lipinski definition) is 0. The van der Waals surface area contributed by atoms with Crippen LogP contribution in [0.15, 0.2) is 18.5 Å². The molecular weight excluding hydrogens is 291 g/mol. The summed E-state index contributed by atoms with van der Waals surface area (Å²) in [5.74, 6) is 0.880. The molecule has 2 aromatic rings. The second-order valence-corrected chi connectivity index (χ2v) is 4.03. The highest BCUT2D eigenvalue weighted by Crippen LogP contribution is 2.25. The molecule has 4 heteroatoms. The van der Waals surface area contributed by atoms with E-state index in [1.165, 1.54) is 0 Å². The molecule has 2 rings (SSSR count). The summed E-state index contributed by atoms with van der Waals surface area (Å²) >= 11 is 2.20. The summed E-state index contributed by atoms with van der Waals surface area (Å²) in [5, 5.41) is 1.04. The van der Waals surface area contributed by atoms with E-state index in [0.29, 0.717) is 0 Å². The van der Waals surface area contributed by atoms with Crippen molar-refractivity contribution in [2.75, 3.05) is 7.11 Å². The van der Waals surface area contributed by atoms with Crippen LogP contribution < -0.4 is 4.74 Å². The highest BCUT2D eigenvalue weighted by atomic mass is 127. The lowest BCUT2D eigenvalue weighted by atomic mass is 10.1. The topological polar surface area (TPSA) is 35.0 Å². The predicted molar refractivity (Wildman–Crippen MR) is 63.5 cm³/mol. The molecule has 0 saturated heterocycles. The Morgan fingerprint density at radius 1 is 1.29 bits per heavy atom. The lowest BCUT2D eigenvalue weighted by molar-refractivity contribution is 0.412. The number of rotatable bonds is 1. The predicted octanol–water partition coefficient (Wildman–Crippen LogP) is 2.55. The van der Waals surface area contributed by atoms with E-state index in [-0.39, 0.29) is 0 Å². The largest absolute Gasteiger partial charge is 0.496 e. The van der Waals surface area contributed by atoms with E-state index in [0.717, 1.165) is 25.9 Å². The third kappa shape index (κ3) is 1.54. The Kier molecular flexibility index (Phi) is 2.54. The minimum atomic E-state index is 0.880.